The van der Waals surface area contributed by atoms with Crippen molar-refractivity contribution in [3.63, 3.8) is 0 Å². The highest BCUT2D eigenvalue weighted by atomic mass is 32.2. The molecule has 1 aromatic heterocycles. The molecule has 1 N–H and O–H groups in total. The molecule has 0 unspecified atom stereocenters. The van der Waals surface area contributed by atoms with Crippen molar-refractivity contribution >= 4 is 23.7 Å². The summed E-state index contributed by atoms with van der Waals surface area (Å²) in [5.41, 5.74) is 0.383. The first-order valence-corrected chi connectivity index (χ1v) is 7.86. The molecule has 1 saturated heterocycles. The first-order chi connectivity index (χ1) is 9.39. The van der Waals surface area contributed by atoms with Crippen molar-refractivity contribution < 1.29 is 9.90 Å². The smallest absolute Gasteiger partial charge is 0.313 e. The summed E-state index contributed by atoms with van der Waals surface area (Å²) >= 11 is 1.21. The van der Waals surface area contributed by atoms with Gasteiger partial charge in [-0.05, 0) is 24.7 Å². The minimum Gasteiger partial charge on any atom is -0.481 e. The quantitative estimate of drug-likeness (QED) is 0.857. The molecule has 7 heteroatoms. The van der Waals surface area contributed by atoms with Gasteiger partial charge in [0, 0.05) is 20.1 Å². The van der Waals surface area contributed by atoms with Gasteiger partial charge >= 0.3 is 5.97 Å². The summed E-state index contributed by atoms with van der Waals surface area (Å²) in [5.74, 6) is 0.0191. The summed E-state index contributed by atoms with van der Waals surface area (Å²) < 4.78 is 1.89. The van der Waals surface area contributed by atoms with Crippen molar-refractivity contribution in [1.29, 1.82) is 0 Å². The minimum atomic E-state index is -0.837. The highest BCUT2D eigenvalue weighted by molar-refractivity contribution is 7.99. The van der Waals surface area contributed by atoms with Gasteiger partial charge in [-0.1, -0.05) is 25.6 Å². The Bertz CT molecular complexity index is 487. The van der Waals surface area contributed by atoms with Gasteiger partial charge in [-0.3, -0.25) is 9.36 Å². The average Bonchev–Trinajstić information content (AvgIpc) is 2.62. The molecule has 0 spiro atoms. The van der Waals surface area contributed by atoms with E-state index >= 15 is 0 Å². The zero-order valence-corrected chi connectivity index (χ0v) is 13.1. The van der Waals surface area contributed by atoms with Crippen LogP contribution in [0, 0.1) is 5.41 Å². The van der Waals surface area contributed by atoms with E-state index in [1.807, 2.05) is 11.6 Å². The molecule has 1 aliphatic heterocycles. The van der Waals surface area contributed by atoms with Crippen LogP contribution in [0.5, 0.6) is 0 Å². The standard InChI is InChI=1S/C13H22N4O2S/c1-13(2)5-4-7-17(8-6-13)11-14-15-12(16(11)3)20-9-10(18)19/h4-9H2,1-3H3,(H,18,19). The number of rotatable bonds is 4. The van der Waals surface area contributed by atoms with Gasteiger partial charge in [-0.15, -0.1) is 10.2 Å². The predicted octanol–water partition coefficient (Wildman–Crippen LogP) is 2.01. The van der Waals surface area contributed by atoms with E-state index in [9.17, 15) is 4.79 Å². The maximum Gasteiger partial charge on any atom is 0.313 e. The number of carbonyl (C=O) groups is 1. The molecule has 0 aliphatic carbocycles. The maximum absolute atomic E-state index is 10.6. The van der Waals surface area contributed by atoms with Gasteiger partial charge in [0.1, 0.15) is 0 Å². The molecule has 112 valence electrons. The van der Waals surface area contributed by atoms with Gasteiger partial charge in [0.25, 0.3) is 0 Å². The van der Waals surface area contributed by atoms with Crippen LogP contribution in [-0.2, 0) is 11.8 Å². The van der Waals surface area contributed by atoms with Crippen molar-refractivity contribution in [3.05, 3.63) is 0 Å². The summed E-state index contributed by atoms with van der Waals surface area (Å²) in [7, 11) is 1.90. The van der Waals surface area contributed by atoms with Crippen LogP contribution in [0.15, 0.2) is 5.16 Å². The third-order valence-corrected chi connectivity index (χ3v) is 4.76. The number of aliphatic carboxylic acids is 1. The SMILES string of the molecule is Cn1c(SCC(=O)O)nnc1N1CCCC(C)(C)CC1. The largest absolute Gasteiger partial charge is 0.481 e. The third-order valence-electron chi connectivity index (χ3n) is 3.76. The van der Waals surface area contributed by atoms with E-state index < -0.39 is 5.97 Å². The fraction of sp³-hybridized carbons (Fsp3) is 0.769. The Hall–Kier alpha value is -1.24. The summed E-state index contributed by atoms with van der Waals surface area (Å²) in [6.07, 6.45) is 3.51. The Morgan fingerprint density at radius 3 is 2.80 bits per heavy atom. The van der Waals surface area contributed by atoms with Gasteiger partial charge in [0.2, 0.25) is 5.95 Å². The molecule has 6 nitrogen and oxygen atoms in total. The molecular weight excluding hydrogens is 276 g/mol. The summed E-state index contributed by atoms with van der Waals surface area (Å²) in [5, 5.41) is 17.7. The average molecular weight is 298 g/mol. The number of nitrogens with zero attached hydrogens (tertiary/aromatic N) is 4. The molecule has 0 amide bonds. The van der Waals surface area contributed by atoms with Crippen LogP contribution in [0.3, 0.4) is 0 Å². The van der Waals surface area contributed by atoms with Gasteiger partial charge in [-0.25, -0.2) is 0 Å². The molecule has 0 saturated carbocycles. The Balaban J connectivity index is 2.07. The number of hydrogen-bond donors (Lipinski definition) is 1. The lowest BCUT2D eigenvalue weighted by atomic mass is 9.85. The van der Waals surface area contributed by atoms with Crippen LogP contribution in [0.1, 0.15) is 33.1 Å². The highest BCUT2D eigenvalue weighted by Gasteiger charge is 2.25. The second-order valence-corrected chi connectivity index (χ2v) is 6.97. The van der Waals surface area contributed by atoms with Crippen LogP contribution in [-0.4, -0.2) is 44.7 Å². The van der Waals surface area contributed by atoms with Crippen molar-refractivity contribution in [2.45, 2.75) is 38.3 Å². The molecule has 0 aromatic carbocycles. The number of carboxylic acid groups (broad SMARTS) is 1. The van der Waals surface area contributed by atoms with Gasteiger partial charge in [0.15, 0.2) is 5.16 Å². The molecule has 1 fully saturated rings. The Morgan fingerprint density at radius 2 is 2.10 bits per heavy atom. The van der Waals surface area contributed by atoms with E-state index in [1.54, 1.807) is 0 Å². The predicted molar refractivity (Wildman–Crippen MR) is 79.2 cm³/mol. The lowest BCUT2D eigenvalue weighted by molar-refractivity contribution is -0.133. The summed E-state index contributed by atoms with van der Waals surface area (Å²) in [6, 6.07) is 0. The zero-order chi connectivity index (χ0) is 14.8. The van der Waals surface area contributed by atoms with E-state index in [-0.39, 0.29) is 5.75 Å². The normalized spacial score (nSPS) is 18.9. The second kappa shape index (κ2) is 6.03. The number of anilines is 1. The van der Waals surface area contributed by atoms with E-state index in [4.69, 9.17) is 5.11 Å². The molecule has 0 radical (unpaired) electrons. The molecule has 1 aliphatic rings. The number of thioether (sulfide) groups is 1. The Kier molecular flexibility index (Phi) is 4.57. The van der Waals surface area contributed by atoms with Crippen molar-refractivity contribution in [2.75, 3.05) is 23.7 Å². The van der Waals surface area contributed by atoms with E-state index in [0.717, 1.165) is 31.9 Å². The minimum absolute atomic E-state index is 0.0129. The van der Waals surface area contributed by atoms with Gasteiger partial charge in [0.05, 0.1) is 5.75 Å². The summed E-state index contributed by atoms with van der Waals surface area (Å²) in [6.45, 7) is 6.57. The number of hydrogen-bond acceptors (Lipinski definition) is 5. The molecule has 0 atom stereocenters. The third kappa shape index (κ3) is 3.65. The maximum atomic E-state index is 10.6. The first kappa shape index (κ1) is 15.2. The second-order valence-electron chi connectivity index (χ2n) is 6.03. The fourth-order valence-corrected chi connectivity index (χ4v) is 3.08. The Morgan fingerprint density at radius 1 is 1.35 bits per heavy atom. The van der Waals surface area contributed by atoms with Crippen LogP contribution < -0.4 is 4.90 Å². The van der Waals surface area contributed by atoms with Crippen molar-refractivity contribution in [3.8, 4) is 0 Å². The first-order valence-electron chi connectivity index (χ1n) is 6.88. The highest BCUT2D eigenvalue weighted by Crippen LogP contribution is 2.31. The fourth-order valence-electron chi connectivity index (χ4n) is 2.46. The molecule has 2 heterocycles. The molecule has 1 aromatic rings. The Labute approximate surface area is 123 Å². The molecule has 20 heavy (non-hydrogen) atoms. The van der Waals surface area contributed by atoms with Crippen molar-refractivity contribution in [2.24, 2.45) is 12.5 Å². The number of carboxylic acids is 1. The molecule has 0 bridgehead atoms. The summed E-state index contributed by atoms with van der Waals surface area (Å²) in [4.78, 5) is 12.9. The van der Waals surface area contributed by atoms with E-state index in [2.05, 4.69) is 28.9 Å². The van der Waals surface area contributed by atoms with E-state index in [1.165, 1.54) is 18.2 Å². The van der Waals surface area contributed by atoms with Crippen LogP contribution in [0.4, 0.5) is 5.95 Å². The van der Waals surface area contributed by atoms with Gasteiger partial charge in [-0.2, -0.15) is 0 Å². The van der Waals surface area contributed by atoms with Crippen LogP contribution >= 0.6 is 11.8 Å². The van der Waals surface area contributed by atoms with Crippen LogP contribution in [0.2, 0.25) is 0 Å². The lowest BCUT2D eigenvalue weighted by Crippen LogP contribution is -2.27. The monoisotopic (exact) mass is 298 g/mol. The van der Waals surface area contributed by atoms with Crippen LogP contribution in [0.25, 0.3) is 0 Å². The van der Waals surface area contributed by atoms with E-state index in [0.29, 0.717) is 10.6 Å². The zero-order valence-electron chi connectivity index (χ0n) is 12.3. The van der Waals surface area contributed by atoms with Crippen molar-refractivity contribution in [1.82, 2.24) is 14.8 Å². The topological polar surface area (TPSA) is 71.2 Å². The van der Waals surface area contributed by atoms with Gasteiger partial charge < -0.3 is 10.0 Å². The molecular formula is C13H22N4O2S. The molecule has 2 rings (SSSR count). The lowest BCUT2D eigenvalue weighted by Gasteiger charge is -2.23. The number of aromatic nitrogens is 3.